The van der Waals surface area contributed by atoms with Gasteiger partial charge in [0.15, 0.2) is 0 Å². The fraction of sp³-hybridized carbons (Fsp3) is 0.200. The van der Waals surface area contributed by atoms with Gasteiger partial charge < -0.3 is 15.0 Å². The van der Waals surface area contributed by atoms with E-state index >= 15 is 0 Å². The first-order valence-electron chi connectivity index (χ1n) is 8.21. The molecule has 1 amide bonds. The Morgan fingerprint density at radius 3 is 2.77 bits per heavy atom. The van der Waals surface area contributed by atoms with Crippen molar-refractivity contribution >= 4 is 22.9 Å². The van der Waals surface area contributed by atoms with Gasteiger partial charge >= 0.3 is 0 Å². The number of hydrogen-bond acceptors (Lipinski definition) is 5. The smallest absolute Gasteiger partial charge is 0.275 e. The van der Waals surface area contributed by atoms with Gasteiger partial charge in [-0.15, -0.1) is 11.3 Å². The average molecular weight is 367 g/mol. The quantitative estimate of drug-likeness (QED) is 0.712. The number of amides is 1. The van der Waals surface area contributed by atoms with Crippen molar-refractivity contribution in [2.24, 2.45) is 0 Å². The molecule has 0 aliphatic rings. The molecule has 26 heavy (non-hydrogen) atoms. The highest BCUT2D eigenvalue weighted by molar-refractivity contribution is 7.13. The Labute approximate surface area is 157 Å². The molecule has 0 atom stereocenters. The highest BCUT2D eigenvalue weighted by Gasteiger charge is 2.14. The van der Waals surface area contributed by atoms with Crippen LogP contribution >= 0.6 is 11.3 Å². The number of nitrogens with one attached hydrogen (secondary N) is 1. The monoisotopic (exact) mass is 367 g/mol. The van der Waals surface area contributed by atoms with E-state index in [4.69, 9.17) is 4.74 Å². The van der Waals surface area contributed by atoms with Crippen molar-refractivity contribution in [3.63, 3.8) is 0 Å². The molecule has 0 aliphatic heterocycles. The molecule has 1 aromatic heterocycles. The van der Waals surface area contributed by atoms with Crippen LogP contribution in [0, 0.1) is 0 Å². The summed E-state index contributed by atoms with van der Waals surface area (Å²) in [5.74, 6) is 0.523. The van der Waals surface area contributed by atoms with Crippen LogP contribution in [0.5, 0.6) is 5.75 Å². The van der Waals surface area contributed by atoms with Crippen LogP contribution in [0.3, 0.4) is 0 Å². The minimum Gasteiger partial charge on any atom is -0.496 e. The van der Waals surface area contributed by atoms with Gasteiger partial charge in [0.05, 0.1) is 12.7 Å². The molecular weight excluding hydrogens is 346 g/mol. The van der Waals surface area contributed by atoms with Crippen LogP contribution in [-0.2, 0) is 6.54 Å². The zero-order valence-electron chi connectivity index (χ0n) is 15.0. The number of ether oxygens (including phenoxy) is 1. The first-order valence-corrected chi connectivity index (χ1v) is 9.08. The standard InChI is InChI=1S/C20H21N3O2S/c1-23(2)12-14-7-6-8-15(11-14)21-19(24)17-13-26-20(22-17)16-9-4-5-10-18(16)25-3/h4-11,13H,12H2,1-3H3,(H,21,24). The number of methoxy groups -OCH3 is 1. The summed E-state index contributed by atoms with van der Waals surface area (Å²) in [6.45, 7) is 0.818. The summed E-state index contributed by atoms with van der Waals surface area (Å²) in [6.07, 6.45) is 0. The van der Waals surface area contributed by atoms with Gasteiger partial charge in [-0.1, -0.05) is 24.3 Å². The van der Waals surface area contributed by atoms with Gasteiger partial charge in [0.2, 0.25) is 0 Å². The Bertz CT molecular complexity index is 905. The number of carbonyl (C=O) groups excluding carboxylic acids is 1. The van der Waals surface area contributed by atoms with Crippen LogP contribution in [0.15, 0.2) is 53.9 Å². The van der Waals surface area contributed by atoms with Crippen molar-refractivity contribution in [2.75, 3.05) is 26.5 Å². The highest BCUT2D eigenvalue weighted by atomic mass is 32.1. The largest absolute Gasteiger partial charge is 0.496 e. The first kappa shape index (κ1) is 18.1. The van der Waals surface area contributed by atoms with Crippen molar-refractivity contribution in [3.8, 4) is 16.3 Å². The third-order valence-corrected chi connectivity index (χ3v) is 4.63. The molecular formula is C20H21N3O2S. The molecule has 2 aromatic carbocycles. The number of carbonyl (C=O) groups is 1. The van der Waals surface area contributed by atoms with E-state index in [0.717, 1.165) is 34.1 Å². The predicted molar refractivity (Wildman–Crippen MR) is 106 cm³/mol. The van der Waals surface area contributed by atoms with Crippen molar-refractivity contribution in [2.45, 2.75) is 6.54 Å². The molecule has 6 heteroatoms. The maximum atomic E-state index is 12.5. The predicted octanol–water partition coefficient (Wildman–Crippen LogP) is 4.13. The van der Waals surface area contributed by atoms with Crippen LogP contribution in [0.4, 0.5) is 5.69 Å². The van der Waals surface area contributed by atoms with Crippen LogP contribution in [0.25, 0.3) is 10.6 Å². The fourth-order valence-electron chi connectivity index (χ4n) is 2.63. The second-order valence-electron chi connectivity index (χ2n) is 6.13. The van der Waals surface area contributed by atoms with Crippen molar-refractivity contribution in [3.05, 3.63) is 65.2 Å². The minimum absolute atomic E-state index is 0.218. The Morgan fingerprint density at radius 1 is 1.19 bits per heavy atom. The molecule has 0 saturated heterocycles. The van der Waals surface area contributed by atoms with Gasteiger partial charge in [-0.3, -0.25) is 4.79 Å². The van der Waals surface area contributed by atoms with Crippen LogP contribution in [-0.4, -0.2) is 37.0 Å². The van der Waals surface area contributed by atoms with Gasteiger partial charge in [-0.05, 0) is 43.9 Å². The lowest BCUT2D eigenvalue weighted by Crippen LogP contribution is -2.14. The summed E-state index contributed by atoms with van der Waals surface area (Å²) in [5.41, 5.74) is 3.18. The number of aromatic nitrogens is 1. The molecule has 3 rings (SSSR count). The fourth-order valence-corrected chi connectivity index (χ4v) is 3.46. The Hall–Kier alpha value is -2.70. The summed E-state index contributed by atoms with van der Waals surface area (Å²) in [6, 6.07) is 15.5. The Morgan fingerprint density at radius 2 is 2.00 bits per heavy atom. The SMILES string of the molecule is COc1ccccc1-c1nc(C(=O)Nc2cccc(CN(C)C)c2)cs1. The van der Waals surface area contributed by atoms with Crippen LogP contribution in [0.2, 0.25) is 0 Å². The van der Waals surface area contributed by atoms with Gasteiger partial charge in [0.25, 0.3) is 5.91 Å². The summed E-state index contributed by atoms with van der Waals surface area (Å²) < 4.78 is 5.37. The number of rotatable bonds is 6. The summed E-state index contributed by atoms with van der Waals surface area (Å²) in [5, 5.41) is 5.44. The van der Waals surface area contributed by atoms with E-state index in [-0.39, 0.29) is 5.91 Å². The Balaban J connectivity index is 1.76. The van der Waals surface area contributed by atoms with E-state index in [1.54, 1.807) is 12.5 Å². The maximum Gasteiger partial charge on any atom is 0.275 e. The van der Waals surface area contributed by atoms with Crippen LogP contribution < -0.4 is 10.1 Å². The number of para-hydroxylation sites is 1. The van der Waals surface area contributed by atoms with E-state index in [1.807, 2.05) is 62.6 Å². The number of anilines is 1. The summed E-state index contributed by atoms with van der Waals surface area (Å²) in [4.78, 5) is 19.1. The minimum atomic E-state index is -0.218. The van der Waals surface area contributed by atoms with Crippen LogP contribution in [0.1, 0.15) is 16.1 Å². The highest BCUT2D eigenvalue weighted by Crippen LogP contribution is 2.32. The van der Waals surface area contributed by atoms with E-state index in [0.29, 0.717) is 5.69 Å². The lowest BCUT2D eigenvalue weighted by atomic mass is 10.2. The molecule has 1 N–H and O–H groups in total. The number of thiazole rings is 1. The van der Waals surface area contributed by atoms with E-state index in [2.05, 4.69) is 15.2 Å². The molecule has 0 saturated carbocycles. The molecule has 3 aromatic rings. The van der Waals surface area contributed by atoms with E-state index in [1.165, 1.54) is 11.3 Å². The number of hydrogen-bond donors (Lipinski definition) is 1. The third kappa shape index (κ3) is 4.28. The van der Waals surface area contributed by atoms with Crippen molar-refractivity contribution < 1.29 is 9.53 Å². The molecule has 0 unspecified atom stereocenters. The van der Waals surface area contributed by atoms with Crippen molar-refractivity contribution in [1.29, 1.82) is 0 Å². The lowest BCUT2D eigenvalue weighted by molar-refractivity contribution is 0.102. The lowest BCUT2D eigenvalue weighted by Gasteiger charge is -2.11. The Kier molecular flexibility index (Phi) is 5.65. The zero-order valence-corrected chi connectivity index (χ0v) is 15.8. The molecule has 0 spiro atoms. The molecule has 0 fully saturated rings. The second kappa shape index (κ2) is 8.12. The van der Waals surface area contributed by atoms with Gasteiger partial charge in [-0.2, -0.15) is 0 Å². The van der Waals surface area contributed by atoms with E-state index in [9.17, 15) is 4.79 Å². The second-order valence-corrected chi connectivity index (χ2v) is 6.99. The normalized spacial score (nSPS) is 10.8. The molecule has 1 heterocycles. The maximum absolute atomic E-state index is 12.5. The van der Waals surface area contributed by atoms with E-state index < -0.39 is 0 Å². The molecule has 0 bridgehead atoms. The van der Waals surface area contributed by atoms with Crippen molar-refractivity contribution in [1.82, 2.24) is 9.88 Å². The first-order chi connectivity index (χ1) is 12.6. The molecule has 134 valence electrons. The van der Waals surface area contributed by atoms with Gasteiger partial charge in [0.1, 0.15) is 16.5 Å². The summed E-state index contributed by atoms with van der Waals surface area (Å²) in [7, 11) is 5.65. The average Bonchev–Trinajstić information content (AvgIpc) is 3.11. The summed E-state index contributed by atoms with van der Waals surface area (Å²) >= 11 is 1.42. The zero-order chi connectivity index (χ0) is 18.5. The molecule has 0 radical (unpaired) electrons. The number of nitrogens with zero attached hydrogens (tertiary/aromatic N) is 2. The molecule has 0 aliphatic carbocycles. The number of benzene rings is 2. The third-order valence-electron chi connectivity index (χ3n) is 3.76. The molecule has 5 nitrogen and oxygen atoms in total. The topological polar surface area (TPSA) is 54.5 Å². The van der Waals surface area contributed by atoms with Gasteiger partial charge in [0, 0.05) is 17.6 Å². The van der Waals surface area contributed by atoms with Gasteiger partial charge in [-0.25, -0.2) is 4.98 Å².